The number of rotatable bonds is 4. The SMILES string of the molecule is CNCc1ccc(CN2CCC(C(F)(F)F)CC2)c(Br)c1. The number of hydrogen-bond donors (Lipinski definition) is 1. The Kier molecular flexibility index (Phi) is 5.68. The summed E-state index contributed by atoms with van der Waals surface area (Å²) in [5.74, 6) is -1.13. The third-order valence-electron chi connectivity index (χ3n) is 3.94. The van der Waals surface area contributed by atoms with E-state index in [9.17, 15) is 13.2 Å². The molecule has 118 valence electrons. The number of benzene rings is 1. The molecule has 0 atom stereocenters. The summed E-state index contributed by atoms with van der Waals surface area (Å²) in [6.45, 7) is 2.52. The molecule has 1 aliphatic heterocycles. The van der Waals surface area contributed by atoms with Crippen molar-refractivity contribution in [1.29, 1.82) is 0 Å². The van der Waals surface area contributed by atoms with E-state index in [2.05, 4.69) is 38.3 Å². The summed E-state index contributed by atoms with van der Waals surface area (Å²) < 4.78 is 39.0. The molecule has 0 aromatic heterocycles. The van der Waals surface area contributed by atoms with E-state index in [1.807, 2.05) is 13.1 Å². The summed E-state index contributed by atoms with van der Waals surface area (Å²) in [6.07, 6.45) is -3.63. The van der Waals surface area contributed by atoms with Crippen molar-refractivity contribution < 1.29 is 13.2 Å². The van der Waals surface area contributed by atoms with Gasteiger partial charge in [-0.25, -0.2) is 0 Å². The molecule has 0 bridgehead atoms. The summed E-state index contributed by atoms with van der Waals surface area (Å²) in [7, 11) is 1.90. The van der Waals surface area contributed by atoms with Gasteiger partial charge in [0.05, 0.1) is 5.92 Å². The highest BCUT2D eigenvalue weighted by Gasteiger charge is 2.40. The first kappa shape index (κ1) is 16.8. The van der Waals surface area contributed by atoms with Crippen molar-refractivity contribution in [3.8, 4) is 0 Å². The fourth-order valence-corrected chi connectivity index (χ4v) is 3.24. The molecule has 1 aliphatic rings. The number of nitrogens with zero attached hydrogens (tertiary/aromatic N) is 1. The predicted molar refractivity (Wildman–Crippen MR) is 81.0 cm³/mol. The van der Waals surface area contributed by atoms with Gasteiger partial charge in [0.25, 0.3) is 0 Å². The molecule has 0 saturated carbocycles. The number of nitrogens with one attached hydrogen (secondary N) is 1. The molecule has 0 unspecified atom stereocenters. The first-order valence-corrected chi connectivity index (χ1v) is 7.90. The Morgan fingerprint density at radius 2 is 1.95 bits per heavy atom. The maximum atomic E-state index is 12.6. The van der Waals surface area contributed by atoms with Crippen LogP contribution in [0.1, 0.15) is 24.0 Å². The van der Waals surface area contributed by atoms with E-state index in [0.29, 0.717) is 19.6 Å². The zero-order chi connectivity index (χ0) is 15.5. The first-order chi connectivity index (χ1) is 9.90. The van der Waals surface area contributed by atoms with Gasteiger partial charge >= 0.3 is 6.18 Å². The van der Waals surface area contributed by atoms with Gasteiger partial charge in [0.2, 0.25) is 0 Å². The molecule has 6 heteroatoms. The van der Waals surface area contributed by atoms with Crippen LogP contribution in [0.3, 0.4) is 0 Å². The number of alkyl halides is 3. The van der Waals surface area contributed by atoms with Crippen molar-refractivity contribution in [2.45, 2.75) is 32.1 Å². The second-order valence-corrected chi connectivity index (χ2v) is 6.40. The van der Waals surface area contributed by atoms with E-state index in [0.717, 1.165) is 16.6 Å². The highest BCUT2D eigenvalue weighted by atomic mass is 79.9. The number of likely N-dealkylation sites (tertiary alicyclic amines) is 1. The zero-order valence-corrected chi connectivity index (χ0v) is 13.6. The van der Waals surface area contributed by atoms with Crippen molar-refractivity contribution in [2.24, 2.45) is 5.92 Å². The third-order valence-corrected chi connectivity index (χ3v) is 4.68. The lowest BCUT2D eigenvalue weighted by Gasteiger charge is -2.33. The van der Waals surface area contributed by atoms with Gasteiger partial charge in [-0.3, -0.25) is 4.90 Å². The Bertz CT molecular complexity index is 468. The smallest absolute Gasteiger partial charge is 0.316 e. The lowest BCUT2D eigenvalue weighted by molar-refractivity contribution is -0.185. The van der Waals surface area contributed by atoms with Gasteiger partial charge in [-0.1, -0.05) is 28.1 Å². The van der Waals surface area contributed by atoms with Crippen LogP contribution in [0.2, 0.25) is 0 Å². The van der Waals surface area contributed by atoms with Crippen LogP contribution >= 0.6 is 15.9 Å². The van der Waals surface area contributed by atoms with Crippen LogP contribution in [-0.2, 0) is 13.1 Å². The van der Waals surface area contributed by atoms with Crippen LogP contribution in [-0.4, -0.2) is 31.2 Å². The highest BCUT2D eigenvalue weighted by molar-refractivity contribution is 9.10. The van der Waals surface area contributed by atoms with Crippen molar-refractivity contribution in [1.82, 2.24) is 10.2 Å². The van der Waals surface area contributed by atoms with Gasteiger partial charge in [0, 0.05) is 17.6 Å². The van der Waals surface area contributed by atoms with E-state index in [1.165, 1.54) is 5.56 Å². The molecule has 0 amide bonds. The minimum atomic E-state index is -4.04. The Labute approximate surface area is 131 Å². The van der Waals surface area contributed by atoms with Gasteiger partial charge in [-0.15, -0.1) is 0 Å². The molecular formula is C15H20BrF3N2. The normalized spacial score (nSPS) is 18.1. The largest absolute Gasteiger partial charge is 0.391 e. The second kappa shape index (κ2) is 7.11. The molecule has 0 aliphatic carbocycles. The lowest BCUT2D eigenvalue weighted by Crippen LogP contribution is -2.38. The average molecular weight is 365 g/mol. The number of hydrogen-bond acceptors (Lipinski definition) is 2. The fourth-order valence-electron chi connectivity index (χ4n) is 2.69. The monoisotopic (exact) mass is 364 g/mol. The molecule has 1 aromatic carbocycles. The first-order valence-electron chi connectivity index (χ1n) is 7.11. The van der Waals surface area contributed by atoms with Crippen LogP contribution in [0.25, 0.3) is 0 Å². The Hall–Kier alpha value is -0.590. The molecule has 1 aromatic rings. The number of halogens is 4. The van der Waals surface area contributed by atoms with Crippen LogP contribution in [0.4, 0.5) is 13.2 Å². The summed E-state index contributed by atoms with van der Waals surface area (Å²) in [6, 6.07) is 6.17. The van der Waals surface area contributed by atoms with E-state index in [-0.39, 0.29) is 12.8 Å². The van der Waals surface area contributed by atoms with Gasteiger partial charge in [0.1, 0.15) is 0 Å². The summed E-state index contributed by atoms with van der Waals surface area (Å²) in [4.78, 5) is 2.10. The Morgan fingerprint density at radius 1 is 1.29 bits per heavy atom. The fraction of sp³-hybridized carbons (Fsp3) is 0.600. The summed E-state index contributed by atoms with van der Waals surface area (Å²) in [5.41, 5.74) is 2.31. The van der Waals surface area contributed by atoms with Crippen molar-refractivity contribution in [3.63, 3.8) is 0 Å². The molecule has 2 rings (SSSR count). The van der Waals surface area contributed by atoms with E-state index < -0.39 is 12.1 Å². The van der Waals surface area contributed by atoms with E-state index in [4.69, 9.17) is 0 Å². The highest BCUT2D eigenvalue weighted by Crippen LogP contribution is 2.34. The summed E-state index contributed by atoms with van der Waals surface area (Å²) in [5, 5.41) is 3.09. The van der Waals surface area contributed by atoms with Crippen LogP contribution < -0.4 is 5.32 Å². The number of piperidine rings is 1. The van der Waals surface area contributed by atoms with Gasteiger partial charge < -0.3 is 5.32 Å². The van der Waals surface area contributed by atoms with Crippen molar-refractivity contribution in [3.05, 3.63) is 33.8 Å². The third kappa shape index (κ3) is 4.69. The molecule has 21 heavy (non-hydrogen) atoms. The molecule has 1 heterocycles. The lowest BCUT2D eigenvalue weighted by atomic mass is 9.96. The Morgan fingerprint density at radius 3 is 2.48 bits per heavy atom. The van der Waals surface area contributed by atoms with Crippen LogP contribution in [0.15, 0.2) is 22.7 Å². The quantitative estimate of drug-likeness (QED) is 0.870. The molecular weight excluding hydrogens is 345 g/mol. The molecule has 0 spiro atoms. The summed E-state index contributed by atoms with van der Waals surface area (Å²) >= 11 is 3.55. The molecule has 1 N–H and O–H groups in total. The molecule has 0 radical (unpaired) electrons. The van der Waals surface area contributed by atoms with Crippen LogP contribution in [0, 0.1) is 5.92 Å². The minimum absolute atomic E-state index is 0.207. The molecule has 1 fully saturated rings. The van der Waals surface area contributed by atoms with Gasteiger partial charge in [0.15, 0.2) is 0 Å². The maximum absolute atomic E-state index is 12.6. The molecule has 1 saturated heterocycles. The van der Waals surface area contributed by atoms with Crippen molar-refractivity contribution >= 4 is 15.9 Å². The zero-order valence-electron chi connectivity index (χ0n) is 12.0. The van der Waals surface area contributed by atoms with Gasteiger partial charge in [-0.2, -0.15) is 13.2 Å². The van der Waals surface area contributed by atoms with Crippen molar-refractivity contribution in [2.75, 3.05) is 20.1 Å². The second-order valence-electron chi connectivity index (χ2n) is 5.55. The average Bonchev–Trinajstić information content (AvgIpc) is 2.42. The standard InChI is InChI=1S/C15H20BrF3N2/c1-20-9-11-2-3-12(14(16)8-11)10-21-6-4-13(5-7-21)15(17,18)19/h2-3,8,13,20H,4-7,9-10H2,1H3. The topological polar surface area (TPSA) is 15.3 Å². The molecule has 2 nitrogen and oxygen atoms in total. The predicted octanol–water partition coefficient (Wildman–Crippen LogP) is 3.94. The van der Waals surface area contributed by atoms with Crippen LogP contribution in [0.5, 0.6) is 0 Å². The van der Waals surface area contributed by atoms with Gasteiger partial charge in [-0.05, 0) is 50.2 Å². The Balaban J connectivity index is 1.92. The van der Waals surface area contributed by atoms with E-state index >= 15 is 0 Å². The van der Waals surface area contributed by atoms with E-state index in [1.54, 1.807) is 0 Å². The minimum Gasteiger partial charge on any atom is -0.316 e. The maximum Gasteiger partial charge on any atom is 0.391 e.